The first-order valence-corrected chi connectivity index (χ1v) is 6.59. The molecule has 3 atom stereocenters. The van der Waals surface area contributed by atoms with Crippen molar-refractivity contribution in [3.05, 3.63) is 16.6 Å². The maximum Gasteiger partial charge on any atom is 0.115 e. The Morgan fingerprint density at radius 1 is 1.75 bits per heavy atom. The summed E-state index contributed by atoms with van der Waals surface area (Å²) in [5.74, 6) is 0.515. The molecule has 1 aliphatic rings. The van der Waals surface area contributed by atoms with Gasteiger partial charge in [-0.1, -0.05) is 19.8 Å². The van der Waals surface area contributed by atoms with Crippen molar-refractivity contribution in [1.29, 1.82) is 5.26 Å². The van der Waals surface area contributed by atoms with Gasteiger partial charge < -0.3 is 5.11 Å². The first-order valence-electron chi connectivity index (χ1n) is 5.65. The Hall–Kier alpha value is -0.920. The summed E-state index contributed by atoms with van der Waals surface area (Å²) in [7, 11) is 0. The van der Waals surface area contributed by atoms with E-state index in [-0.39, 0.29) is 0 Å². The van der Waals surface area contributed by atoms with Gasteiger partial charge in [0.05, 0.1) is 22.7 Å². The summed E-state index contributed by atoms with van der Waals surface area (Å²) in [5, 5.41) is 21.6. The van der Waals surface area contributed by atoms with Gasteiger partial charge in [-0.2, -0.15) is 5.26 Å². The third-order valence-corrected chi connectivity index (χ3v) is 4.11. The molecule has 1 aromatic heterocycles. The summed E-state index contributed by atoms with van der Waals surface area (Å²) >= 11 is 1.46. The van der Waals surface area contributed by atoms with Crippen molar-refractivity contribution in [3.63, 3.8) is 0 Å². The fraction of sp³-hybridized carbons (Fsp3) is 0.667. The lowest BCUT2D eigenvalue weighted by Gasteiger charge is -2.37. The van der Waals surface area contributed by atoms with Gasteiger partial charge in [-0.05, 0) is 18.8 Å². The minimum atomic E-state index is -0.730. The van der Waals surface area contributed by atoms with Gasteiger partial charge >= 0.3 is 0 Å². The summed E-state index contributed by atoms with van der Waals surface area (Å²) < 4.78 is 0. The zero-order valence-electron chi connectivity index (χ0n) is 9.39. The zero-order valence-corrected chi connectivity index (χ0v) is 10.2. The molecule has 0 aromatic carbocycles. The van der Waals surface area contributed by atoms with E-state index in [9.17, 15) is 10.4 Å². The van der Waals surface area contributed by atoms with Crippen molar-refractivity contribution in [2.24, 2.45) is 11.3 Å². The van der Waals surface area contributed by atoms with Gasteiger partial charge in [0.25, 0.3) is 0 Å². The molecule has 86 valence electrons. The van der Waals surface area contributed by atoms with Crippen LogP contribution >= 0.6 is 11.3 Å². The molecule has 0 saturated heterocycles. The lowest BCUT2D eigenvalue weighted by atomic mass is 9.67. The molecular formula is C12H16N2OS. The summed E-state index contributed by atoms with van der Waals surface area (Å²) in [5.41, 5.74) is 1.74. The van der Waals surface area contributed by atoms with Crippen LogP contribution in [0.1, 0.15) is 44.4 Å². The predicted molar refractivity (Wildman–Crippen MR) is 62.8 cm³/mol. The van der Waals surface area contributed by atoms with Crippen LogP contribution in [-0.4, -0.2) is 10.1 Å². The molecule has 1 aliphatic carbocycles. The number of aromatic nitrogens is 1. The molecule has 4 heteroatoms. The number of hydrogen-bond donors (Lipinski definition) is 1. The Labute approximate surface area is 99.8 Å². The largest absolute Gasteiger partial charge is 0.385 e. The van der Waals surface area contributed by atoms with Crippen LogP contribution in [0.15, 0.2) is 10.9 Å². The van der Waals surface area contributed by atoms with Gasteiger partial charge in [0, 0.05) is 5.38 Å². The van der Waals surface area contributed by atoms with Crippen LogP contribution in [0.25, 0.3) is 0 Å². The number of hydrogen-bond acceptors (Lipinski definition) is 4. The third kappa shape index (κ3) is 1.98. The highest BCUT2D eigenvalue weighted by atomic mass is 32.1. The number of aliphatic hydroxyl groups excluding tert-OH is 1. The Bertz CT molecular complexity index is 384. The second-order valence-corrected chi connectivity index (χ2v) is 5.50. The minimum Gasteiger partial charge on any atom is -0.385 e. The minimum absolute atomic E-state index is 0.515. The fourth-order valence-corrected chi connectivity index (χ4v) is 3.22. The Morgan fingerprint density at radius 3 is 3.12 bits per heavy atom. The highest BCUT2D eigenvalue weighted by Gasteiger charge is 2.43. The molecular weight excluding hydrogens is 220 g/mol. The van der Waals surface area contributed by atoms with Crippen molar-refractivity contribution >= 4 is 11.3 Å². The van der Waals surface area contributed by atoms with Crippen molar-refractivity contribution in [3.8, 4) is 6.07 Å². The lowest BCUT2D eigenvalue weighted by Crippen LogP contribution is -2.33. The Morgan fingerprint density at radius 2 is 2.56 bits per heavy atom. The van der Waals surface area contributed by atoms with Crippen LogP contribution in [-0.2, 0) is 0 Å². The molecule has 0 aliphatic heterocycles. The van der Waals surface area contributed by atoms with E-state index < -0.39 is 11.5 Å². The average molecular weight is 236 g/mol. The van der Waals surface area contributed by atoms with E-state index in [1.54, 1.807) is 5.51 Å². The Balaban J connectivity index is 2.24. The summed E-state index contributed by atoms with van der Waals surface area (Å²) in [6.07, 6.45) is 3.02. The molecule has 16 heavy (non-hydrogen) atoms. The number of nitriles is 1. The van der Waals surface area contributed by atoms with Gasteiger partial charge in [0.1, 0.15) is 6.10 Å². The van der Waals surface area contributed by atoms with E-state index in [1.165, 1.54) is 11.3 Å². The van der Waals surface area contributed by atoms with Crippen LogP contribution in [0, 0.1) is 22.7 Å². The molecule has 1 N–H and O–H groups in total. The highest BCUT2D eigenvalue weighted by Crippen LogP contribution is 2.47. The van der Waals surface area contributed by atoms with Crippen LogP contribution in [0.5, 0.6) is 0 Å². The van der Waals surface area contributed by atoms with Crippen molar-refractivity contribution in [2.45, 2.75) is 38.7 Å². The molecule has 1 heterocycles. The Kier molecular flexibility index (Phi) is 3.27. The molecule has 1 fully saturated rings. The summed E-state index contributed by atoms with van der Waals surface area (Å²) in [4.78, 5) is 4.13. The fourth-order valence-electron chi connectivity index (χ4n) is 2.64. The SMILES string of the molecule is CC1CCCC(C#N)(C(O)c2cscn2)C1. The third-order valence-electron chi connectivity index (χ3n) is 3.51. The van der Waals surface area contributed by atoms with E-state index in [0.29, 0.717) is 11.6 Å². The molecule has 3 unspecified atom stereocenters. The monoisotopic (exact) mass is 236 g/mol. The van der Waals surface area contributed by atoms with Gasteiger partial charge in [-0.15, -0.1) is 11.3 Å². The number of thiazole rings is 1. The zero-order chi connectivity index (χ0) is 11.6. The predicted octanol–water partition coefficient (Wildman–Crippen LogP) is 2.90. The second kappa shape index (κ2) is 4.52. The normalized spacial score (nSPS) is 31.9. The van der Waals surface area contributed by atoms with Gasteiger partial charge in [0.15, 0.2) is 0 Å². The number of rotatable bonds is 2. The van der Waals surface area contributed by atoms with Gasteiger partial charge in [-0.3, -0.25) is 0 Å². The van der Waals surface area contributed by atoms with Crippen LogP contribution in [0.3, 0.4) is 0 Å². The topological polar surface area (TPSA) is 56.9 Å². The molecule has 0 amide bonds. The van der Waals surface area contributed by atoms with Crippen molar-refractivity contribution in [1.82, 2.24) is 4.98 Å². The highest BCUT2D eigenvalue weighted by molar-refractivity contribution is 7.07. The van der Waals surface area contributed by atoms with Gasteiger partial charge in [0.2, 0.25) is 0 Å². The molecule has 0 bridgehead atoms. The maximum atomic E-state index is 10.3. The van der Waals surface area contributed by atoms with Crippen LogP contribution in [0.4, 0.5) is 0 Å². The quantitative estimate of drug-likeness (QED) is 0.859. The van der Waals surface area contributed by atoms with Crippen LogP contribution in [0.2, 0.25) is 0 Å². The smallest absolute Gasteiger partial charge is 0.115 e. The first kappa shape index (κ1) is 11.6. The number of nitrogens with zero attached hydrogens (tertiary/aromatic N) is 2. The standard InChI is InChI=1S/C12H16N2OS/c1-9-3-2-4-12(5-9,7-13)11(15)10-6-16-8-14-10/h6,8-9,11,15H,2-5H2,1H3. The average Bonchev–Trinajstić information content (AvgIpc) is 2.81. The van der Waals surface area contributed by atoms with Crippen molar-refractivity contribution < 1.29 is 5.11 Å². The molecule has 1 saturated carbocycles. The van der Waals surface area contributed by atoms with E-state index in [0.717, 1.165) is 25.7 Å². The van der Waals surface area contributed by atoms with E-state index in [2.05, 4.69) is 18.0 Å². The molecule has 1 aromatic rings. The van der Waals surface area contributed by atoms with E-state index in [1.807, 2.05) is 5.38 Å². The second-order valence-electron chi connectivity index (χ2n) is 4.79. The summed E-state index contributed by atoms with van der Waals surface area (Å²) in [6, 6.07) is 2.35. The van der Waals surface area contributed by atoms with Gasteiger partial charge in [-0.25, -0.2) is 4.98 Å². The van der Waals surface area contributed by atoms with E-state index >= 15 is 0 Å². The molecule has 0 spiro atoms. The maximum absolute atomic E-state index is 10.3. The van der Waals surface area contributed by atoms with Crippen molar-refractivity contribution in [2.75, 3.05) is 0 Å². The molecule has 0 radical (unpaired) electrons. The molecule has 2 rings (SSSR count). The van der Waals surface area contributed by atoms with Crippen LogP contribution < -0.4 is 0 Å². The lowest BCUT2D eigenvalue weighted by molar-refractivity contribution is 0.0194. The molecule has 3 nitrogen and oxygen atoms in total. The first-order chi connectivity index (χ1) is 7.68. The summed E-state index contributed by atoms with van der Waals surface area (Å²) in [6.45, 7) is 2.15. The number of aliphatic hydroxyl groups is 1. The van der Waals surface area contributed by atoms with E-state index in [4.69, 9.17) is 0 Å².